The lowest BCUT2D eigenvalue weighted by Crippen LogP contribution is -2.67. The van der Waals surface area contributed by atoms with Gasteiger partial charge in [-0.25, -0.2) is 14.4 Å². The monoisotopic (exact) mass is 898 g/mol. The number of nitrogens with one attached hydrogen (secondary N) is 6. The van der Waals surface area contributed by atoms with Crippen LogP contribution in [-0.2, 0) is 9.53 Å². The van der Waals surface area contributed by atoms with Gasteiger partial charge in [0.1, 0.15) is 0 Å². The number of ether oxygens (including phenoxy) is 1. The third-order valence-electron chi connectivity index (χ3n) is 14.9. The van der Waals surface area contributed by atoms with Crippen molar-refractivity contribution in [1.82, 2.24) is 16.0 Å². The number of urea groups is 3. The summed E-state index contributed by atoms with van der Waals surface area (Å²) in [6.07, 6.45) is -11.7. The van der Waals surface area contributed by atoms with Crippen molar-refractivity contribution in [1.29, 1.82) is 0 Å². The molecule has 4 saturated carbocycles. The van der Waals surface area contributed by atoms with Crippen molar-refractivity contribution in [3.05, 3.63) is 91.0 Å². The summed E-state index contributed by atoms with van der Waals surface area (Å²) in [5.41, 5.74) is 0.934. The molecule has 7 rings (SSSR count). The van der Waals surface area contributed by atoms with Crippen LogP contribution in [0.2, 0.25) is 0 Å². The second-order valence-electron chi connectivity index (χ2n) is 18.5. The van der Waals surface area contributed by atoms with Gasteiger partial charge in [-0.15, -0.1) is 0 Å². The number of alkyl halides is 6. The molecule has 4 aliphatic carbocycles. The molecule has 11 nitrogen and oxygen atoms in total. The second kappa shape index (κ2) is 18.9. The first-order valence-corrected chi connectivity index (χ1v) is 22.0. The van der Waals surface area contributed by atoms with Gasteiger partial charge in [-0.05, 0) is 135 Å². The maximum atomic E-state index is 13.9. The van der Waals surface area contributed by atoms with Gasteiger partial charge < -0.3 is 36.6 Å². The highest BCUT2D eigenvalue weighted by Crippen LogP contribution is 2.68. The molecule has 3 aromatic rings. The van der Waals surface area contributed by atoms with Crippen molar-refractivity contribution in [2.45, 2.75) is 115 Å². The largest absolute Gasteiger partial charge is 0.443 e. The fourth-order valence-corrected chi connectivity index (χ4v) is 11.9. The van der Waals surface area contributed by atoms with Crippen molar-refractivity contribution in [3.8, 4) is 0 Å². The number of carbonyl (C=O) groups is 4. The maximum Gasteiger partial charge on any atom is 0.434 e. The molecule has 6 amide bonds. The van der Waals surface area contributed by atoms with Gasteiger partial charge in [0.2, 0.25) is 0 Å². The van der Waals surface area contributed by atoms with E-state index in [0.717, 1.165) is 6.42 Å². The fraction of sp³-hybridized carbons (Fsp3) is 0.532. The molecule has 6 N–H and O–H groups in total. The normalized spacial score (nSPS) is 29.8. The average Bonchev–Trinajstić information content (AvgIpc) is 3.57. The van der Waals surface area contributed by atoms with E-state index in [4.69, 9.17) is 0 Å². The third-order valence-corrected chi connectivity index (χ3v) is 14.9. The molecule has 0 spiro atoms. The smallest absolute Gasteiger partial charge is 0.434 e. The Labute approximate surface area is 368 Å². The van der Waals surface area contributed by atoms with Crippen molar-refractivity contribution >= 4 is 41.1 Å². The number of hydrogen-bond acceptors (Lipinski definition) is 5. The van der Waals surface area contributed by atoms with Crippen LogP contribution in [0.4, 0.5) is 57.8 Å². The number of para-hydroxylation sites is 3. The van der Waals surface area contributed by atoms with Gasteiger partial charge in [0.05, 0.1) is 0 Å². The number of fused-ring (bicyclic) bond motifs is 5. The highest BCUT2D eigenvalue weighted by atomic mass is 19.4. The van der Waals surface area contributed by atoms with E-state index >= 15 is 0 Å². The van der Waals surface area contributed by atoms with Crippen LogP contribution in [-0.4, -0.2) is 60.6 Å². The van der Waals surface area contributed by atoms with Crippen LogP contribution < -0.4 is 31.9 Å². The Morgan fingerprint density at radius 1 is 0.656 bits per heavy atom. The Morgan fingerprint density at radius 3 is 1.70 bits per heavy atom. The SMILES string of the molecule is C[C@]12CCC(NC(=O)Nc3ccccc3)C[C@H]1CC(NC(=O)Nc1ccccc1)[C@@H]1[C@@H]2CC(NC(=O)Nc2ccccc2)[C@]2(C)[C@@H](CCCC(=O)OC(C(F)(F)F)C(F)(F)F)CC[C@@H]12. The van der Waals surface area contributed by atoms with Crippen LogP contribution in [0.5, 0.6) is 0 Å². The van der Waals surface area contributed by atoms with Crippen LogP contribution in [0, 0.1) is 40.4 Å². The van der Waals surface area contributed by atoms with Crippen LogP contribution >= 0.6 is 0 Å². The summed E-state index contributed by atoms with van der Waals surface area (Å²) in [6, 6.07) is 25.1. The van der Waals surface area contributed by atoms with E-state index < -0.39 is 48.3 Å². The predicted molar refractivity (Wildman–Crippen MR) is 229 cm³/mol. The standard InChI is InChI=1S/C47H56F6N6O5/c1-44-24-23-33(57-41(61)54-30-14-6-3-7-15-30)25-29(44)26-36(58-42(62)55-31-16-8-4-9-17-31)39-34-22-21-28(13-12-20-38(60)64-40(46(48,49)50)47(51,52)53)45(34,2)37(27-35(39)44)59-43(63)56-32-18-10-5-11-19-32/h3-11,14-19,28-29,33-37,39-40H,12-13,20-27H2,1-2H3,(H2,54,57,61)(H2,55,58,62)(H2,56,59,63)/t28-,29-,33?,34-,35-,36?,37?,39-,44-,45+/m0/s1. The number of esters is 1. The molecule has 3 unspecified atom stereocenters. The van der Waals surface area contributed by atoms with Gasteiger partial charge in [0.25, 0.3) is 6.10 Å². The van der Waals surface area contributed by atoms with Gasteiger partial charge in [0.15, 0.2) is 0 Å². The highest BCUT2D eigenvalue weighted by molar-refractivity contribution is 5.90. The number of benzene rings is 3. The molecule has 4 aliphatic rings. The van der Waals surface area contributed by atoms with Crippen molar-refractivity contribution in [3.63, 3.8) is 0 Å². The van der Waals surface area contributed by atoms with Gasteiger partial charge in [-0.1, -0.05) is 68.4 Å². The molecule has 64 heavy (non-hydrogen) atoms. The van der Waals surface area contributed by atoms with Crippen molar-refractivity contribution in [2.24, 2.45) is 40.4 Å². The number of anilines is 3. The molecule has 17 heteroatoms. The maximum absolute atomic E-state index is 13.9. The molecule has 346 valence electrons. The van der Waals surface area contributed by atoms with Gasteiger partial charge in [0, 0.05) is 41.6 Å². The molecule has 4 fully saturated rings. The Balaban J connectivity index is 1.16. The molecule has 0 heterocycles. The lowest BCUT2D eigenvalue weighted by Gasteiger charge is -2.65. The predicted octanol–water partition coefficient (Wildman–Crippen LogP) is 10.6. The highest BCUT2D eigenvalue weighted by Gasteiger charge is 2.66. The van der Waals surface area contributed by atoms with Crippen molar-refractivity contribution in [2.75, 3.05) is 16.0 Å². The summed E-state index contributed by atoms with van der Waals surface area (Å²) in [5, 5.41) is 18.6. The zero-order chi connectivity index (χ0) is 45.9. The first-order chi connectivity index (χ1) is 30.3. The Kier molecular flexibility index (Phi) is 13.8. The minimum Gasteiger partial charge on any atom is -0.443 e. The first kappa shape index (κ1) is 46.5. The van der Waals surface area contributed by atoms with Crippen molar-refractivity contribution < 1.29 is 50.3 Å². The lowest BCUT2D eigenvalue weighted by molar-refractivity contribution is -0.313. The number of amides is 6. The lowest BCUT2D eigenvalue weighted by atomic mass is 9.42. The minimum atomic E-state index is -5.82. The average molecular weight is 899 g/mol. The number of rotatable bonds is 11. The molecule has 0 radical (unpaired) electrons. The van der Waals surface area contributed by atoms with E-state index in [-0.39, 0.29) is 72.0 Å². The number of carbonyl (C=O) groups excluding carboxylic acids is 4. The zero-order valence-electron chi connectivity index (χ0n) is 35.7. The number of halogens is 6. The van der Waals surface area contributed by atoms with E-state index in [0.29, 0.717) is 55.6 Å². The Hall–Kier alpha value is -5.48. The zero-order valence-corrected chi connectivity index (χ0v) is 35.7. The minimum absolute atomic E-state index is 0.0112. The molecule has 10 atom stereocenters. The van der Waals surface area contributed by atoms with E-state index in [1.165, 1.54) is 0 Å². The molecule has 3 aromatic carbocycles. The van der Waals surface area contributed by atoms with Crippen LogP contribution in [0.3, 0.4) is 0 Å². The molecular formula is C47H56F6N6O5. The Bertz CT molecular complexity index is 2080. The van der Waals surface area contributed by atoms with Gasteiger partial charge >= 0.3 is 36.4 Å². The molecule has 0 bridgehead atoms. The summed E-state index contributed by atoms with van der Waals surface area (Å²) in [6.45, 7) is 4.37. The van der Waals surface area contributed by atoms with E-state index in [1.54, 1.807) is 36.4 Å². The Morgan fingerprint density at radius 2 is 1.17 bits per heavy atom. The molecular weight excluding hydrogens is 843 g/mol. The van der Waals surface area contributed by atoms with E-state index in [1.807, 2.05) is 54.6 Å². The van der Waals surface area contributed by atoms with Gasteiger partial charge in [-0.2, -0.15) is 26.3 Å². The van der Waals surface area contributed by atoms with Crippen LogP contribution in [0.25, 0.3) is 0 Å². The van der Waals surface area contributed by atoms with Gasteiger partial charge in [-0.3, -0.25) is 4.79 Å². The third kappa shape index (κ3) is 10.4. The second-order valence-corrected chi connectivity index (χ2v) is 18.5. The van der Waals surface area contributed by atoms with E-state index in [9.17, 15) is 45.5 Å². The topological polar surface area (TPSA) is 150 Å². The summed E-state index contributed by atoms with van der Waals surface area (Å²) in [7, 11) is 0. The van der Waals surface area contributed by atoms with Crippen LogP contribution in [0.15, 0.2) is 91.0 Å². The quantitative estimate of drug-likeness (QED) is 0.0837. The summed E-state index contributed by atoms with van der Waals surface area (Å²) in [5.74, 6) is -1.90. The molecule has 0 aliphatic heterocycles. The van der Waals surface area contributed by atoms with E-state index in [2.05, 4.69) is 50.5 Å². The molecule has 0 aromatic heterocycles. The summed E-state index contributed by atoms with van der Waals surface area (Å²) < 4.78 is 83.2. The number of hydrogen-bond donors (Lipinski definition) is 6. The van der Waals surface area contributed by atoms with Crippen LogP contribution in [0.1, 0.15) is 78.1 Å². The first-order valence-electron chi connectivity index (χ1n) is 22.0. The molecule has 0 saturated heterocycles. The summed E-state index contributed by atoms with van der Waals surface area (Å²) >= 11 is 0. The fourth-order valence-electron chi connectivity index (χ4n) is 11.9. The summed E-state index contributed by atoms with van der Waals surface area (Å²) in [4.78, 5) is 53.4.